The molecule has 4 nitrogen and oxygen atoms in total. The van der Waals surface area contributed by atoms with Gasteiger partial charge in [-0.25, -0.2) is 9.97 Å². The normalized spacial score (nSPS) is 10.6. The summed E-state index contributed by atoms with van der Waals surface area (Å²) in [4.78, 5) is 11.1. The van der Waals surface area contributed by atoms with Crippen LogP contribution in [0.5, 0.6) is 5.75 Å². The van der Waals surface area contributed by atoms with E-state index in [1.165, 1.54) is 48.8 Å². The van der Waals surface area contributed by atoms with Gasteiger partial charge < -0.3 is 9.64 Å². The smallest absolute Gasteiger partial charge is 0.204 e. The van der Waals surface area contributed by atoms with Crippen LogP contribution in [-0.4, -0.2) is 16.6 Å². The Hall–Kier alpha value is -4.10. The van der Waals surface area contributed by atoms with Crippen molar-refractivity contribution in [2.75, 3.05) is 11.5 Å². The van der Waals surface area contributed by atoms with Gasteiger partial charge in [-0.05, 0) is 93.1 Å². The Morgan fingerprint density at radius 3 is 2.02 bits per heavy atom. The van der Waals surface area contributed by atoms with Gasteiger partial charge >= 0.3 is 0 Å². The minimum Gasteiger partial charge on any atom is -0.494 e. The second-order valence-corrected chi connectivity index (χ2v) is 10.4. The zero-order valence-electron chi connectivity index (χ0n) is 24.6. The molecule has 0 aliphatic carbocycles. The second-order valence-electron chi connectivity index (χ2n) is 10.4. The number of hydrogen-bond donors (Lipinski definition) is 0. The van der Waals surface area contributed by atoms with E-state index in [0.29, 0.717) is 5.82 Å². The largest absolute Gasteiger partial charge is 0.494 e. The lowest BCUT2D eigenvalue weighted by atomic mass is 10.0. The van der Waals surface area contributed by atoms with E-state index < -0.39 is 0 Å². The number of hydrogen-bond acceptors (Lipinski definition) is 4. The molecule has 0 radical (unpaired) electrons. The summed E-state index contributed by atoms with van der Waals surface area (Å²) in [5.74, 6) is 7.22. The van der Waals surface area contributed by atoms with E-state index in [1.54, 1.807) is 6.92 Å². The Bertz CT molecular complexity index is 1450. The van der Waals surface area contributed by atoms with E-state index in [1.807, 2.05) is 12.4 Å². The zero-order valence-corrected chi connectivity index (χ0v) is 24.6. The third-order valence-electron chi connectivity index (χ3n) is 7.12. The zero-order chi connectivity index (χ0) is 28.3. The molecule has 0 unspecified atom stereocenters. The predicted octanol–water partition coefficient (Wildman–Crippen LogP) is 9.65. The molecule has 4 aromatic rings. The summed E-state index contributed by atoms with van der Waals surface area (Å²) in [5, 5.41) is 0. The third kappa shape index (κ3) is 7.51. The average Bonchev–Trinajstić information content (AvgIpc) is 2.96. The maximum Gasteiger partial charge on any atom is 0.204 e. The van der Waals surface area contributed by atoms with Gasteiger partial charge in [-0.2, -0.15) is 0 Å². The lowest BCUT2D eigenvalue weighted by Crippen LogP contribution is -2.13. The first-order valence-electron chi connectivity index (χ1n) is 14.5. The number of nitrogens with zero attached hydrogens (tertiary/aromatic N) is 3. The van der Waals surface area contributed by atoms with Crippen molar-refractivity contribution in [1.29, 1.82) is 0 Å². The van der Waals surface area contributed by atoms with Crippen LogP contribution in [0.3, 0.4) is 0 Å². The van der Waals surface area contributed by atoms with Crippen LogP contribution < -0.4 is 9.64 Å². The number of benzene rings is 3. The van der Waals surface area contributed by atoms with Crippen molar-refractivity contribution >= 4 is 17.1 Å². The van der Waals surface area contributed by atoms with Gasteiger partial charge in [0.1, 0.15) is 5.75 Å². The van der Waals surface area contributed by atoms with Crippen molar-refractivity contribution in [2.45, 2.75) is 73.1 Å². The van der Waals surface area contributed by atoms with Crippen LogP contribution >= 0.6 is 0 Å². The maximum absolute atomic E-state index is 6.13. The highest BCUT2D eigenvalue weighted by Crippen LogP contribution is 2.40. The monoisotopic (exact) mass is 531 g/mol. The van der Waals surface area contributed by atoms with Crippen LogP contribution in [0, 0.1) is 32.6 Å². The molecular formula is C36H41N3O. The fourth-order valence-corrected chi connectivity index (χ4v) is 4.96. The van der Waals surface area contributed by atoms with Crippen LogP contribution in [0.2, 0.25) is 0 Å². The molecule has 0 saturated carbocycles. The molecule has 0 saturated heterocycles. The molecule has 40 heavy (non-hydrogen) atoms. The second kappa shape index (κ2) is 14.3. The number of ether oxygens (including phenoxy) is 1. The molecule has 0 N–H and O–H groups in total. The van der Waals surface area contributed by atoms with Crippen LogP contribution in [-0.2, 0) is 0 Å². The van der Waals surface area contributed by atoms with Gasteiger partial charge in [-0.3, -0.25) is 0 Å². The van der Waals surface area contributed by atoms with Gasteiger partial charge in [0.2, 0.25) is 5.82 Å². The standard InChI is InChI=1S/C36H41N3O/c1-6-8-9-10-11-12-22-40-33-19-21-35(29(5)24-33)39(34-20-14-27(3)23-28(34)4)32-17-15-30(16-18-32)31-25-37-36(13-7-2)38-26-31/h14-21,23-26H,6,8-12,22H2,1-5H3. The van der Waals surface area contributed by atoms with Gasteiger partial charge in [-0.15, -0.1) is 0 Å². The number of aryl methyl sites for hydroxylation is 3. The van der Waals surface area contributed by atoms with Gasteiger partial charge in [-0.1, -0.05) is 74.8 Å². The van der Waals surface area contributed by atoms with E-state index in [4.69, 9.17) is 4.74 Å². The molecule has 1 aromatic heterocycles. The molecule has 0 spiro atoms. The summed E-state index contributed by atoms with van der Waals surface area (Å²) in [5.41, 5.74) is 9.07. The molecule has 4 heteroatoms. The van der Waals surface area contributed by atoms with Crippen molar-refractivity contribution in [3.8, 4) is 28.7 Å². The SMILES string of the molecule is CC#Cc1ncc(-c2ccc(N(c3ccc(C)cc3C)c3ccc(OCCCCCCCC)cc3C)cc2)cn1. The molecule has 1 heterocycles. The molecule has 4 rings (SSSR count). The lowest BCUT2D eigenvalue weighted by Gasteiger charge is -2.29. The summed E-state index contributed by atoms with van der Waals surface area (Å²) in [7, 11) is 0. The highest BCUT2D eigenvalue weighted by atomic mass is 16.5. The quantitative estimate of drug-likeness (QED) is 0.135. The minimum absolute atomic E-state index is 0.541. The highest BCUT2D eigenvalue weighted by Gasteiger charge is 2.17. The van der Waals surface area contributed by atoms with Gasteiger partial charge in [0.25, 0.3) is 0 Å². The molecule has 206 valence electrons. The topological polar surface area (TPSA) is 38.2 Å². The Morgan fingerprint density at radius 2 is 1.38 bits per heavy atom. The molecule has 0 aliphatic heterocycles. The van der Waals surface area contributed by atoms with Crippen molar-refractivity contribution in [2.24, 2.45) is 0 Å². The fraction of sp³-hybridized carbons (Fsp3) is 0.333. The Morgan fingerprint density at radius 1 is 0.725 bits per heavy atom. The Balaban J connectivity index is 1.58. The highest BCUT2D eigenvalue weighted by molar-refractivity contribution is 5.81. The molecule has 0 aliphatic rings. The van der Waals surface area contributed by atoms with Crippen LogP contribution in [0.15, 0.2) is 73.1 Å². The lowest BCUT2D eigenvalue weighted by molar-refractivity contribution is 0.304. The van der Waals surface area contributed by atoms with E-state index in [2.05, 4.69) is 115 Å². The van der Waals surface area contributed by atoms with Crippen molar-refractivity contribution in [3.05, 3.63) is 95.6 Å². The molecular weight excluding hydrogens is 490 g/mol. The van der Waals surface area contributed by atoms with E-state index >= 15 is 0 Å². The summed E-state index contributed by atoms with van der Waals surface area (Å²) in [6, 6.07) is 21.7. The van der Waals surface area contributed by atoms with Gasteiger partial charge in [0.15, 0.2) is 0 Å². The first kappa shape index (κ1) is 28.9. The van der Waals surface area contributed by atoms with Crippen molar-refractivity contribution < 1.29 is 4.74 Å². The number of unbranched alkanes of at least 4 members (excludes halogenated alkanes) is 5. The van der Waals surface area contributed by atoms with Gasteiger partial charge in [0, 0.05) is 35.0 Å². The third-order valence-corrected chi connectivity index (χ3v) is 7.12. The first-order chi connectivity index (χ1) is 19.5. The molecule has 0 bridgehead atoms. The summed E-state index contributed by atoms with van der Waals surface area (Å²) in [6.07, 6.45) is 11.2. The first-order valence-corrected chi connectivity index (χ1v) is 14.5. The average molecular weight is 532 g/mol. The summed E-state index contributed by atoms with van der Waals surface area (Å²) < 4.78 is 6.13. The molecule has 0 fully saturated rings. The van der Waals surface area contributed by atoms with Crippen molar-refractivity contribution in [3.63, 3.8) is 0 Å². The summed E-state index contributed by atoms with van der Waals surface area (Å²) in [6.45, 7) is 11.3. The number of anilines is 3. The maximum atomic E-state index is 6.13. The van der Waals surface area contributed by atoms with Crippen LogP contribution in [0.4, 0.5) is 17.1 Å². The molecule has 3 aromatic carbocycles. The van der Waals surface area contributed by atoms with Crippen LogP contribution in [0.25, 0.3) is 11.1 Å². The fourth-order valence-electron chi connectivity index (χ4n) is 4.96. The number of aromatic nitrogens is 2. The van der Waals surface area contributed by atoms with E-state index in [9.17, 15) is 0 Å². The molecule has 0 atom stereocenters. The molecule has 0 amide bonds. The number of rotatable bonds is 12. The van der Waals surface area contributed by atoms with Gasteiger partial charge in [0.05, 0.1) is 6.61 Å². The van der Waals surface area contributed by atoms with Crippen LogP contribution in [0.1, 0.15) is 74.9 Å². The predicted molar refractivity (Wildman–Crippen MR) is 168 cm³/mol. The van der Waals surface area contributed by atoms with E-state index in [-0.39, 0.29) is 0 Å². The summed E-state index contributed by atoms with van der Waals surface area (Å²) >= 11 is 0. The minimum atomic E-state index is 0.541. The van der Waals surface area contributed by atoms with Crippen molar-refractivity contribution in [1.82, 2.24) is 9.97 Å². The van der Waals surface area contributed by atoms with E-state index in [0.717, 1.165) is 47.0 Å². The Kier molecular flexibility index (Phi) is 10.4. The Labute approximate surface area is 240 Å².